The molecule has 2 atom stereocenters. The summed E-state index contributed by atoms with van der Waals surface area (Å²) in [6.45, 7) is 6.54. The molecule has 0 radical (unpaired) electrons. The van der Waals surface area contributed by atoms with Gasteiger partial charge in [0.2, 0.25) is 10.0 Å². The summed E-state index contributed by atoms with van der Waals surface area (Å²) in [7, 11) is -3.54. The van der Waals surface area contributed by atoms with Crippen molar-refractivity contribution in [1.29, 1.82) is 0 Å². The summed E-state index contributed by atoms with van der Waals surface area (Å²) in [5.74, 6) is 0.827. The van der Waals surface area contributed by atoms with E-state index < -0.39 is 15.4 Å². The van der Waals surface area contributed by atoms with Crippen LogP contribution in [0.5, 0.6) is 5.75 Å². The lowest BCUT2D eigenvalue weighted by Crippen LogP contribution is -2.58. The van der Waals surface area contributed by atoms with Crippen molar-refractivity contribution in [3.05, 3.63) is 28.2 Å². The second kappa shape index (κ2) is 6.42. The van der Waals surface area contributed by atoms with Crippen LogP contribution >= 0.6 is 0 Å². The number of sulfonamides is 1. The monoisotopic (exact) mass is 434 g/mol. The first-order valence-electron chi connectivity index (χ1n) is 10.9. The zero-order chi connectivity index (χ0) is 21.5. The van der Waals surface area contributed by atoms with Gasteiger partial charge in [0.05, 0.1) is 18.8 Å². The lowest BCUT2D eigenvalue weighted by Gasteiger charge is -2.42. The minimum atomic E-state index is -3.54. The van der Waals surface area contributed by atoms with Gasteiger partial charge in [-0.2, -0.15) is 4.31 Å². The number of carbonyl (C=O) groups excluding carboxylic acids is 1. The van der Waals surface area contributed by atoms with Gasteiger partial charge in [0.1, 0.15) is 17.6 Å². The van der Waals surface area contributed by atoms with Gasteiger partial charge in [0.15, 0.2) is 0 Å². The molecule has 30 heavy (non-hydrogen) atoms. The number of Topliss-reactive ketones (excluding diaryl/α,β-unsaturated/α-hetero) is 1. The van der Waals surface area contributed by atoms with Crippen molar-refractivity contribution in [1.82, 2.24) is 8.87 Å². The molecule has 7 nitrogen and oxygen atoms in total. The fourth-order valence-electron chi connectivity index (χ4n) is 5.96. The van der Waals surface area contributed by atoms with E-state index in [0.29, 0.717) is 30.6 Å². The highest BCUT2D eigenvalue weighted by atomic mass is 32.2. The fraction of sp³-hybridized carbons (Fsp3) is 0.727. The molecular weight excluding hydrogens is 404 g/mol. The number of carbonyl (C=O) groups is 1. The predicted octanol–water partition coefficient (Wildman–Crippen LogP) is 2.28. The van der Waals surface area contributed by atoms with Gasteiger partial charge in [-0.1, -0.05) is 13.8 Å². The summed E-state index contributed by atoms with van der Waals surface area (Å²) in [4.78, 5) is 25.0. The molecular formula is C22H30N2O5S. The van der Waals surface area contributed by atoms with Gasteiger partial charge in [0.25, 0.3) is 5.56 Å². The van der Waals surface area contributed by atoms with Gasteiger partial charge in [-0.25, -0.2) is 8.42 Å². The van der Waals surface area contributed by atoms with Gasteiger partial charge in [-0.3, -0.25) is 9.59 Å². The number of ether oxygens (including phenoxy) is 1. The summed E-state index contributed by atoms with van der Waals surface area (Å²) in [5.41, 5.74) is -0.192. The highest BCUT2D eigenvalue weighted by molar-refractivity contribution is 7.89. The first-order valence-corrected chi connectivity index (χ1v) is 12.6. The molecule has 3 aliphatic carbocycles. The number of hydrogen-bond donors (Lipinski definition) is 0. The quantitative estimate of drug-likeness (QED) is 0.686. The van der Waals surface area contributed by atoms with E-state index in [1.807, 2.05) is 13.0 Å². The Labute approximate surface area is 177 Å². The van der Waals surface area contributed by atoms with Crippen molar-refractivity contribution >= 4 is 15.8 Å². The maximum absolute atomic E-state index is 13.1. The summed E-state index contributed by atoms with van der Waals surface area (Å²) in [6, 6.07) is 3.67. The lowest BCUT2D eigenvalue weighted by atomic mass is 9.70. The molecule has 0 aromatic carbocycles. The van der Waals surface area contributed by atoms with Gasteiger partial charge in [-0.05, 0) is 50.0 Å². The highest BCUT2D eigenvalue weighted by Crippen LogP contribution is 2.64. The summed E-state index contributed by atoms with van der Waals surface area (Å²) in [6.07, 6.45) is 3.94. The van der Waals surface area contributed by atoms with E-state index in [2.05, 4.69) is 13.8 Å². The molecule has 2 unspecified atom stereocenters. The molecule has 1 aromatic rings. The maximum atomic E-state index is 13.1. The molecule has 1 aliphatic heterocycles. The largest absolute Gasteiger partial charge is 0.487 e. The standard InChI is InChI=1S/C22H30N2O5S/c1-14-8-17(10-20(26)24(14)16-4-5-16)29-18-11-23(12-18)30(27,28)13-22-7-6-15(9-19(22)25)21(22,2)3/h8,10,15-16,18H,4-7,9,11-13H2,1-3H3. The third-order valence-corrected chi connectivity index (χ3v) is 10.2. The van der Waals surface area contributed by atoms with Crippen LogP contribution in [-0.4, -0.2) is 48.0 Å². The van der Waals surface area contributed by atoms with Crippen LogP contribution in [0.15, 0.2) is 16.9 Å². The Balaban J connectivity index is 1.25. The number of fused-ring (bicyclic) bond motifs is 2. The first kappa shape index (κ1) is 20.2. The minimum absolute atomic E-state index is 0.0619. The Morgan fingerprint density at radius 2 is 1.83 bits per heavy atom. The molecule has 5 rings (SSSR count). The van der Waals surface area contributed by atoms with Crippen LogP contribution in [0, 0.1) is 23.7 Å². The average Bonchev–Trinajstić information content (AvgIpc) is 3.37. The molecule has 0 amide bonds. The minimum Gasteiger partial charge on any atom is -0.487 e. The Morgan fingerprint density at radius 1 is 1.13 bits per heavy atom. The summed E-state index contributed by atoms with van der Waals surface area (Å²) in [5, 5.41) is 0. The Bertz CT molecular complexity index is 1070. The molecule has 3 saturated carbocycles. The van der Waals surface area contributed by atoms with Crippen LogP contribution in [0.1, 0.15) is 57.7 Å². The molecule has 8 heteroatoms. The van der Waals surface area contributed by atoms with Crippen LogP contribution < -0.4 is 10.3 Å². The van der Waals surface area contributed by atoms with E-state index in [-0.39, 0.29) is 41.7 Å². The van der Waals surface area contributed by atoms with E-state index in [1.165, 1.54) is 10.4 Å². The fourth-order valence-corrected chi connectivity index (χ4v) is 8.23. The predicted molar refractivity (Wildman–Crippen MR) is 112 cm³/mol. The zero-order valence-corrected chi connectivity index (χ0v) is 18.7. The van der Waals surface area contributed by atoms with Gasteiger partial charge >= 0.3 is 0 Å². The Morgan fingerprint density at radius 3 is 2.37 bits per heavy atom. The number of pyridine rings is 1. The van der Waals surface area contributed by atoms with Crippen LogP contribution in [0.2, 0.25) is 0 Å². The second-order valence-corrected chi connectivity index (χ2v) is 12.2. The topological polar surface area (TPSA) is 85.7 Å². The second-order valence-electron chi connectivity index (χ2n) is 10.3. The molecule has 2 bridgehead atoms. The van der Waals surface area contributed by atoms with Crippen molar-refractivity contribution in [2.45, 2.75) is 65.0 Å². The third kappa shape index (κ3) is 2.90. The number of nitrogens with zero attached hydrogens (tertiary/aromatic N) is 2. The normalized spacial score (nSPS) is 31.2. The van der Waals surface area contributed by atoms with Crippen molar-refractivity contribution in [3.8, 4) is 5.75 Å². The SMILES string of the molecule is Cc1cc(OC2CN(S(=O)(=O)CC34CCC(CC3=O)C4(C)C)C2)cc(=O)n1C1CC1. The zero-order valence-electron chi connectivity index (χ0n) is 17.9. The smallest absolute Gasteiger partial charge is 0.254 e. The molecule has 0 N–H and O–H groups in total. The first-order chi connectivity index (χ1) is 14.0. The lowest BCUT2D eigenvalue weighted by molar-refractivity contribution is -0.128. The van der Waals surface area contributed by atoms with Crippen LogP contribution in [0.25, 0.3) is 0 Å². The van der Waals surface area contributed by atoms with Gasteiger partial charge in [-0.15, -0.1) is 0 Å². The average molecular weight is 435 g/mol. The number of ketones is 1. The van der Waals surface area contributed by atoms with Gasteiger partial charge < -0.3 is 9.30 Å². The molecule has 2 heterocycles. The molecule has 4 aliphatic rings. The van der Waals surface area contributed by atoms with Gasteiger partial charge in [0, 0.05) is 29.6 Å². The van der Waals surface area contributed by atoms with Crippen LogP contribution in [0.3, 0.4) is 0 Å². The molecule has 1 aromatic heterocycles. The molecule has 0 spiro atoms. The van der Waals surface area contributed by atoms with E-state index in [0.717, 1.165) is 25.0 Å². The summed E-state index contributed by atoms with van der Waals surface area (Å²) < 4.78 is 35.3. The van der Waals surface area contributed by atoms with E-state index >= 15 is 0 Å². The number of aromatic nitrogens is 1. The van der Waals surface area contributed by atoms with Crippen molar-refractivity contribution in [2.24, 2.45) is 16.7 Å². The molecule has 164 valence electrons. The van der Waals surface area contributed by atoms with E-state index in [1.54, 1.807) is 4.57 Å². The molecule has 4 fully saturated rings. The molecule has 1 saturated heterocycles. The van der Waals surface area contributed by atoms with Crippen molar-refractivity contribution in [2.75, 3.05) is 18.8 Å². The van der Waals surface area contributed by atoms with Crippen molar-refractivity contribution in [3.63, 3.8) is 0 Å². The van der Waals surface area contributed by atoms with Crippen molar-refractivity contribution < 1.29 is 17.9 Å². The van der Waals surface area contributed by atoms with E-state index in [4.69, 9.17) is 4.74 Å². The summed E-state index contributed by atoms with van der Waals surface area (Å²) >= 11 is 0. The number of aryl methyl sites for hydroxylation is 1. The maximum Gasteiger partial charge on any atom is 0.254 e. The van der Waals surface area contributed by atoms with Crippen LogP contribution in [0.4, 0.5) is 0 Å². The third-order valence-electron chi connectivity index (χ3n) is 8.22. The number of hydrogen-bond acceptors (Lipinski definition) is 5. The van der Waals surface area contributed by atoms with Crippen LogP contribution in [-0.2, 0) is 14.8 Å². The highest BCUT2D eigenvalue weighted by Gasteiger charge is 2.65. The number of rotatable bonds is 6. The Kier molecular flexibility index (Phi) is 4.33. The Hall–Kier alpha value is -1.67. The van der Waals surface area contributed by atoms with E-state index in [9.17, 15) is 18.0 Å².